The van der Waals surface area contributed by atoms with Crippen LogP contribution in [0.25, 0.3) is 0 Å². The van der Waals surface area contributed by atoms with E-state index in [1.807, 2.05) is 0 Å². The van der Waals surface area contributed by atoms with Crippen LogP contribution in [0.3, 0.4) is 0 Å². The van der Waals surface area contributed by atoms with Crippen LogP contribution in [-0.4, -0.2) is 117 Å². The van der Waals surface area contributed by atoms with E-state index < -0.39 is 91.8 Å². The standard InChI is InChI=1S/C26H25Cl2N7O11S2/c1-25(2,21(41)42)46-32-15(12-7-47-23(29)30-12)13(36)6-10-19(40)33-8-26(22(43)44,48-20(10)33)34-3-4-35(24(34)45)31-18(39)9-5-11(27)16(37)17(38)14(9)28/h5,7,10,20,37-38H,3-4,6,8H2,1-2H3,(H2,29,30)(H,31,39)(H,41,42)(H,43,44)/b32-15-/t10-,20-,26-/m1/s1. The number of urea groups is 1. The van der Waals surface area contributed by atoms with Crippen LogP contribution in [0.5, 0.6) is 11.5 Å². The van der Waals surface area contributed by atoms with Gasteiger partial charge in [0.25, 0.3) is 5.91 Å². The number of aliphatic carboxylic acids is 2. The molecule has 22 heteroatoms. The molecule has 0 aliphatic carbocycles. The number of halogens is 2. The monoisotopic (exact) mass is 745 g/mol. The highest BCUT2D eigenvalue weighted by Crippen LogP contribution is 2.53. The Kier molecular flexibility index (Phi) is 9.05. The van der Waals surface area contributed by atoms with E-state index in [0.29, 0.717) is 0 Å². The number of rotatable bonds is 11. The van der Waals surface area contributed by atoms with Crippen LogP contribution >= 0.6 is 46.3 Å². The lowest BCUT2D eigenvalue weighted by Crippen LogP contribution is -2.60. The number of carboxylic acid groups (broad SMARTS) is 2. The zero-order valence-corrected chi connectivity index (χ0v) is 27.8. The molecule has 7 N–H and O–H groups in total. The third-order valence-corrected chi connectivity index (χ3v) is 10.8. The number of ketones is 1. The third-order valence-electron chi connectivity index (χ3n) is 7.69. The van der Waals surface area contributed by atoms with Crippen LogP contribution in [0.2, 0.25) is 10.0 Å². The SMILES string of the molecule is CC(C)(O/N=C(\C(=O)C[C@@H]1C(=O)N2C[C@@](C(=O)O)(N3CCN(NC(=O)c4cc(Cl)c(O)c(O)c4Cl)C3=O)S[C@H]12)c1csc(N)n1)C(=O)O. The normalized spacial score (nSPS) is 22.4. The number of hydrogen-bond donors (Lipinski definition) is 6. The predicted octanol–water partition coefficient (Wildman–Crippen LogP) is 1.38. The van der Waals surface area contributed by atoms with Crippen molar-refractivity contribution in [2.75, 3.05) is 25.4 Å². The molecular formula is C26H25Cl2N7O11S2. The zero-order valence-electron chi connectivity index (χ0n) is 24.7. The van der Waals surface area contributed by atoms with Crippen molar-refractivity contribution < 1.29 is 54.0 Å². The van der Waals surface area contributed by atoms with Crippen molar-refractivity contribution in [2.45, 2.75) is 36.1 Å². The van der Waals surface area contributed by atoms with E-state index in [2.05, 4.69) is 15.6 Å². The largest absolute Gasteiger partial charge is 0.503 e. The predicted molar refractivity (Wildman–Crippen MR) is 169 cm³/mol. The highest BCUT2D eigenvalue weighted by molar-refractivity contribution is 8.02. The first-order valence-electron chi connectivity index (χ1n) is 13.7. The Morgan fingerprint density at radius 3 is 2.48 bits per heavy atom. The first-order chi connectivity index (χ1) is 22.4. The van der Waals surface area contributed by atoms with Gasteiger partial charge in [-0.25, -0.2) is 24.4 Å². The molecule has 0 saturated carbocycles. The molecule has 1 aromatic carbocycles. The number of aromatic nitrogens is 1. The molecule has 48 heavy (non-hydrogen) atoms. The molecule has 3 atom stereocenters. The number of carboxylic acids is 2. The molecule has 3 aliphatic rings. The number of Topliss-reactive ketones (excluding diaryl/α,β-unsaturated/α-hetero) is 1. The van der Waals surface area contributed by atoms with Crippen molar-refractivity contribution in [2.24, 2.45) is 11.1 Å². The Morgan fingerprint density at radius 2 is 1.88 bits per heavy atom. The second-order valence-electron chi connectivity index (χ2n) is 11.2. The second kappa shape index (κ2) is 12.5. The van der Waals surface area contributed by atoms with E-state index in [4.69, 9.17) is 33.8 Å². The van der Waals surface area contributed by atoms with Crippen molar-refractivity contribution in [3.8, 4) is 11.5 Å². The maximum atomic E-state index is 13.4. The number of phenolic OH excluding ortho intramolecular Hbond substituents is 2. The van der Waals surface area contributed by atoms with Crippen LogP contribution in [0.15, 0.2) is 16.6 Å². The zero-order chi connectivity index (χ0) is 35.5. The lowest BCUT2D eigenvalue weighted by molar-refractivity contribution is -0.161. The van der Waals surface area contributed by atoms with Crippen molar-refractivity contribution in [1.82, 2.24) is 25.2 Å². The Bertz CT molecular complexity index is 1800. The summed E-state index contributed by atoms with van der Waals surface area (Å²) < 4.78 is 0. The summed E-state index contributed by atoms with van der Waals surface area (Å²) in [4.78, 5) is 86.5. The number of nitrogens with one attached hydrogen (secondary N) is 1. The number of hydrogen-bond acceptors (Lipinski definition) is 14. The summed E-state index contributed by atoms with van der Waals surface area (Å²) in [5.41, 5.74) is 5.37. The molecule has 4 amide bonds. The lowest BCUT2D eigenvalue weighted by Gasteiger charge is -2.40. The minimum absolute atomic E-state index is 0.0119. The average molecular weight is 747 g/mol. The van der Waals surface area contributed by atoms with Gasteiger partial charge >= 0.3 is 18.0 Å². The van der Waals surface area contributed by atoms with Crippen LogP contribution in [0.4, 0.5) is 9.93 Å². The summed E-state index contributed by atoms with van der Waals surface area (Å²) >= 11 is 13.5. The number of hydrazine groups is 1. The molecule has 3 aliphatic heterocycles. The molecule has 1 aromatic heterocycles. The number of thiazole rings is 1. The van der Waals surface area contributed by atoms with Gasteiger partial charge in [-0.05, 0) is 19.9 Å². The van der Waals surface area contributed by atoms with E-state index >= 15 is 0 Å². The van der Waals surface area contributed by atoms with Gasteiger partial charge in [-0.3, -0.25) is 24.7 Å². The highest BCUT2D eigenvalue weighted by atomic mass is 35.5. The quantitative estimate of drug-likeness (QED) is 0.0822. The molecule has 0 unspecified atom stereocenters. The van der Waals surface area contributed by atoms with Gasteiger partial charge in [0.15, 0.2) is 28.1 Å². The smallest absolute Gasteiger partial charge is 0.350 e. The van der Waals surface area contributed by atoms with Crippen molar-refractivity contribution in [3.05, 3.63) is 32.7 Å². The molecule has 3 saturated heterocycles. The number of nitrogens with two attached hydrogens (primary N) is 1. The number of aromatic hydroxyl groups is 2. The fourth-order valence-electron chi connectivity index (χ4n) is 5.01. The topological polar surface area (TPSA) is 266 Å². The number of nitrogen functional groups attached to an aromatic ring is 1. The maximum Gasteiger partial charge on any atom is 0.350 e. The van der Waals surface area contributed by atoms with Crippen molar-refractivity contribution in [3.63, 3.8) is 0 Å². The summed E-state index contributed by atoms with van der Waals surface area (Å²) in [7, 11) is 0. The number of amides is 4. The molecule has 0 radical (unpaired) electrons. The van der Waals surface area contributed by atoms with Gasteiger partial charge in [-0.1, -0.05) is 40.1 Å². The lowest BCUT2D eigenvalue weighted by atomic mass is 9.90. The Balaban J connectivity index is 1.32. The Labute approximate surface area is 288 Å². The minimum atomic E-state index is -2.00. The molecule has 3 fully saturated rings. The number of benzene rings is 1. The second-order valence-corrected chi connectivity index (χ2v) is 14.2. The molecule has 256 valence electrons. The maximum absolute atomic E-state index is 13.4. The number of oxime groups is 1. The van der Waals surface area contributed by atoms with Gasteiger partial charge < -0.3 is 35.9 Å². The number of phenols is 2. The minimum Gasteiger partial charge on any atom is -0.503 e. The number of fused-ring (bicyclic) bond motifs is 1. The number of anilines is 1. The van der Waals surface area contributed by atoms with E-state index in [1.54, 1.807) is 0 Å². The highest BCUT2D eigenvalue weighted by Gasteiger charge is 2.66. The van der Waals surface area contributed by atoms with Gasteiger partial charge in [0.2, 0.25) is 16.4 Å². The Morgan fingerprint density at radius 1 is 1.19 bits per heavy atom. The number of thioether (sulfide) groups is 1. The molecule has 2 aromatic rings. The van der Waals surface area contributed by atoms with Gasteiger partial charge in [0, 0.05) is 18.3 Å². The van der Waals surface area contributed by atoms with Gasteiger partial charge in [0.1, 0.15) is 5.69 Å². The molecule has 0 spiro atoms. The molecule has 0 bridgehead atoms. The number of carbonyl (C=O) groups excluding carboxylic acids is 4. The van der Waals surface area contributed by atoms with Gasteiger partial charge in [-0.15, -0.1) is 11.3 Å². The van der Waals surface area contributed by atoms with Crippen molar-refractivity contribution in [1.29, 1.82) is 0 Å². The summed E-state index contributed by atoms with van der Waals surface area (Å²) in [6, 6.07) is 0.0363. The summed E-state index contributed by atoms with van der Waals surface area (Å²) in [6.07, 6.45) is -0.477. The summed E-state index contributed by atoms with van der Waals surface area (Å²) in [5, 5.41) is 43.6. The first kappa shape index (κ1) is 34.8. The summed E-state index contributed by atoms with van der Waals surface area (Å²) in [5.74, 6) is -7.79. The van der Waals surface area contributed by atoms with E-state index in [1.165, 1.54) is 24.1 Å². The van der Waals surface area contributed by atoms with E-state index in [9.17, 15) is 49.2 Å². The number of nitrogens with zero attached hydrogens (tertiary/aromatic N) is 5. The fraction of sp³-hybridized carbons (Fsp3) is 0.385. The molecular weight excluding hydrogens is 721 g/mol. The summed E-state index contributed by atoms with van der Waals surface area (Å²) in [6.45, 7) is 1.62. The van der Waals surface area contributed by atoms with Crippen LogP contribution in [0.1, 0.15) is 36.3 Å². The number of β-lactam (4-membered cyclic amide) rings is 1. The fourth-order valence-corrected chi connectivity index (χ4v) is 7.68. The average Bonchev–Trinajstić information content (AvgIpc) is 3.72. The molecule has 5 rings (SSSR count). The molecule has 18 nitrogen and oxygen atoms in total. The third kappa shape index (κ3) is 5.88. The van der Waals surface area contributed by atoms with Crippen LogP contribution in [0, 0.1) is 5.92 Å². The van der Waals surface area contributed by atoms with Gasteiger partial charge in [0.05, 0.1) is 40.0 Å². The number of carbonyl (C=O) groups is 6. The van der Waals surface area contributed by atoms with Crippen molar-refractivity contribution >= 4 is 92.7 Å². The first-order valence-corrected chi connectivity index (χ1v) is 16.2. The van der Waals surface area contributed by atoms with Crippen LogP contribution < -0.4 is 11.2 Å². The van der Waals surface area contributed by atoms with E-state index in [-0.39, 0.29) is 35.2 Å². The van der Waals surface area contributed by atoms with Crippen LogP contribution in [-0.2, 0) is 24.0 Å². The molecule has 4 heterocycles. The Hall–Kier alpha value is -4.53. The van der Waals surface area contributed by atoms with E-state index in [0.717, 1.165) is 39.1 Å². The van der Waals surface area contributed by atoms with Gasteiger partial charge in [-0.2, -0.15) is 0 Å².